The van der Waals surface area contributed by atoms with Gasteiger partial charge in [0.05, 0.1) is 5.56 Å². The Labute approximate surface area is 116 Å². The smallest absolute Gasteiger partial charge is 0.257 e. The van der Waals surface area contributed by atoms with Crippen LogP contribution in [0.4, 0.5) is 0 Å². The van der Waals surface area contributed by atoms with Crippen molar-refractivity contribution in [3.63, 3.8) is 0 Å². The third-order valence-electron chi connectivity index (χ3n) is 3.99. The minimum Gasteiger partial charge on any atom is -0.508 e. The zero-order chi connectivity index (χ0) is 14.3. The van der Waals surface area contributed by atoms with E-state index >= 15 is 0 Å². The second-order valence-electron chi connectivity index (χ2n) is 5.23. The van der Waals surface area contributed by atoms with E-state index in [-0.39, 0.29) is 34.9 Å². The van der Waals surface area contributed by atoms with Gasteiger partial charge in [0.25, 0.3) is 5.91 Å². The molecule has 1 aromatic carbocycles. The monoisotopic (exact) mass is 276 g/mol. The van der Waals surface area contributed by atoms with E-state index in [4.69, 9.17) is 0 Å². The molecule has 0 spiro atoms. The van der Waals surface area contributed by atoms with Crippen molar-refractivity contribution in [2.24, 2.45) is 0 Å². The summed E-state index contributed by atoms with van der Waals surface area (Å²) in [6.45, 7) is 1.48. The number of fused-ring (bicyclic) bond motifs is 1. The summed E-state index contributed by atoms with van der Waals surface area (Å²) >= 11 is 0. The Balaban J connectivity index is 1.78. The summed E-state index contributed by atoms with van der Waals surface area (Å²) in [7, 11) is 0. The van der Waals surface area contributed by atoms with Gasteiger partial charge in [-0.05, 0) is 24.6 Å². The van der Waals surface area contributed by atoms with Crippen LogP contribution in [0.25, 0.3) is 0 Å². The zero-order valence-corrected chi connectivity index (χ0v) is 11.0. The molecule has 2 aliphatic heterocycles. The molecule has 0 aliphatic carbocycles. The van der Waals surface area contributed by atoms with Gasteiger partial charge in [-0.25, -0.2) is 0 Å². The number of aromatic hydroxyl groups is 2. The average molecular weight is 276 g/mol. The van der Waals surface area contributed by atoms with Crippen molar-refractivity contribution in [3.8, 4) is 11.5 Å². The van der Waals surface area contributed by atoms with Gasteiger partial charge in [-0.3, -0.25) is 9.59 Å². The molecule has 6 nitrogen and oxygen atoms in total. The molecule has 1 unspecified atom stereocenters. The number of benzene rings is 1. The number of rotatable bonds is 1. The van der Waals surface area contributed by atoms with Crippen molar-refractivity contribution in [2.75, 3.05) is 19.6 Å². The van der Waals surface area contributed by atoms with E-state index in [1.165, 1.54) is 18.2 Å². The van der Waals surface area contributed by atoms with Crippen LogP contribution in [0, 0.1) is 0 Å². The highest BCUT2D eigenvalue weighted by Gasteiger charge is 2.37. The maximum absolute atomic E-state index is 12.4. The molecule has 0 aromatic heterocycles. The summed E-state index contributed by atoms with van der Waals surface area (Å²) in [5.41, 5.74) is 0.0998. The van der Waals surface area contributed by atoms with E-state index in [0.717, 1.165) is 6.42 Å². The largest absolute Gasteiger partial charge is 0.508 e. The maximum Gasteiger partial charge on any atom is 0.257 e. The third kappa shape index (κ3) is 2.07. The molecule has 2 fully saturated rings. The van der Waals surface area contributed by atoms with Gasteiger partial charge < -0.3 is 20.0 Å². The van der Waals surface area contributed by atoms with E-state index in [9.17, 15) is 19.8 Å². The highest BCUT2D eigenvalue weighted by atomic mass is 16.3. The Hall–Kier alpha value is -2.24. The molecular weight excluding hydrogens is 260 g/mol. The van der Waals surface area contributed by atoms with Gasteiger partial charge in [-0.15, -0.1) is 0 Å². The van der Waals surface area contributed by atoms with E-state index in [1.807, 2.05) is 4.90 Å². The molecule has 1 aromatic rings. The number of hydrogen-bond donors (Lipinski definition) is 2. The molecule has 1 atom stereocenters. The minimum absolute atomic E-state index is 0.0548. The molecule has 0 saturated carbocycles. The van der Waals surface area contributed by atoms with Crippen LogP contribution in [0.15, 0.2) is 18.2 Å². The van der Waals surface area contributed by atoms with Gasteiger partial charge >= 0.3 is 0 Å². The quantitative estimate of drug-likeness (QED) is 0.734. The van der Waals surface area contributed by atoms with Crippen LogP contribution >= 0.6 is 0 Å². The van der Waals surface area contributed by atoms with Crippen LogP contribution in [0.1, 0.15) is 23.2 Å². The van der Waals surface area contributed by atoms with E-state index in [2.05, 4.69) is 0 Å². The van der Waals surface area contributed by atoms with Crippen LogP contribution in [-0.4, -0.2) is 57.5 Å². The molecule has 20 heavy (non-hydrogen) atoms. The topological polar surface area (TPSA) is 81.1 Å². The van der Waals surface area contributed by atoms with E-state index < -0.39 is 0 Å². The summed E-state index contributed by atoms with van der Waals surface area (Å²) in [5.74, 6) is -0.349. The molecule has 106 valence electrons. The second kappa shape index (κ2) is 4.70. The standard InChI is InChI=1S/C14H16N2O4/c17-10-2-3-12(18)11(7-10)14(20)15-5-6-16-9(8-15)1-4-13(16)19/h2-3,7,9,17-18H,1,4-6,8H2. The van der Waals surface area contributed by atoms with Crippen molar-refractivity contribution in [3.05, 3.63) is 23.8 Å². The van der Waals surface area contributed by atoms with Crippen molar-refractivity contribution >= 4 is 11.8 Å². The molecule has 2 aliphatic rings. The summed E-state index contributed by atoms with van der Waals surface area (Å²) in [5, 5.41) is 19.2. The van der Waals surface area contributed by atoms with Crippen LogP contribution < -0.4 is 0 Å². The fourth-order valence-electron chi connectivity index (χ4n) is 2.91. The Morgan fingerprint density at radius 2 is 2.05 bits per heavy atom. The molecule has 2 amide bonds. The lowest BCUT2D eigenvalue weighted by Gasteiger charge is -2.37. The maximum atomic E-state index is 12.4. The highest BCUT2D eigenvalue weighted by molar-refractivity contribution is 5.97. The summed E-state index contributed by atoms with van der Waals surface area (Å²) in [6, 6.07) is 3.99. The Bertz CT molecular complexity index is 572. The molecule has 0 radical (unpaired) electrons. The van der Waals surface area contributed by atoms with E-state index in [1.54, 1.807) is 4.90 Å². The molecule has 0 bridgehead atoms. The number of carbonyl (C=O) groups is 2. The van der Waals surface area contributed by atoms with Gasteiger partial charge in [0.1, 0.15) is 11.5 Å². The van der Waals surface area contributed by atoms with Crippen LogP contribution in [0.5, 0.6) is 11.5 Å². The zero-order valence-electron chi connectivity index (χ0n) is 11.0. The predicted molar refractivity (Wildman–Crippen MR) is 70.4 cm³/mol. The van der Waals surface area contributed by atoms with Crippen molar-refractivity contribution < 1.29 is 19.8 Å². The van der Waals surface area contributed by atoms with Crippen LogP contribution in [0.3, 0.4) is 0 Å². The second-order valence-corrected chi connectivity index (χ2v) is 5.23. The van der Waals surface area contributed by atoms with Gasteiger partial charge in [0, 0.05) is 32.1 Å². The third-order valence-corrected chi connectivity index (χ3v) is 3.99. The van der Waals surface area contributed by atoms with E-state index in [0.29, 0.717) is 26.1 Å². The number of phenols is 2. The first-order chi connectivity index (χ1) is 9.56. The normalized spacial score (nSPS) is 22.0. The average Bonchev–Trinajstić information content (AvgIpc) is 2.82. The number of piperazine rings is 1. The van der Waals surface area contributed by atoms with Crippen molar-refractivity contribution in [1.82, 2.24) is 9.80 Å². The van der Waals surface area contributed by atoms with Gasteiger partial charge in [0.2, 0.25) is 5.91 Å². The Kier molecular flexibility index (Phi) is 3.00. The summed E-state index contributed by atoms with van der Waals surface area (Å²) in [6.07, 6.45) is 1.32. The number of nitrogens with zero attached hydrogens (tertiary/aromatic N) is 2. The first kappa shape index (κ1) is 12.8. The lowest BCUT2D eigenvalue weighted by molar-refractivity contribution is -0.130. The lowest BCUT2D eigenvalue weighted by atomic mass is 10.1. The Morgan fingerprint density at radius 1 is 1.25 bits per heavy atom. The number of phenolic OH excluding ortho intramolecular Hbond substituents is 2. The van der Waals surface area contributed by atoms with Gasteiger partial charge in [-0.2, -0.15) is 0 Å². The number of hydrogen-bond acceptors (Lipinski definition) is 4. The first-order valence-electron chi connectivity index (χ1n) is 6.67. The van der Waals surface area contributed by atoms with Gasteiger partial charge in [0.15, 0.2) is 0 Å². The molecule has 2 heterocycles. The number of amides is 2. The predicted octanol–water partition coefficient (Wildman–Crippen LogP) is 0.545. The fraction of sp³-hybridized carbons (Fsp3) is 0.429. The molecule has 2 N–H and O–H groups in total. The molecule has 6 heteroatoms. The SMILES string of the molecule is O=C(c1cc(O)ccc1O)N1CCN2C(=O)CCC2C1. The van der Waals surface area contributed by atoms with Crippen molar-refractivity contribution in [2.45, 2.75) is 18.9 Å². The molecular formula is C14H16N2O4. The minimum atomic E-state index is -0.308. The number of carbonyl (C=O) groups excluding carboxylic acids is 2. The molecule has 2 saturated heterocycles. The first-order valence-corrected chi connectivity index (χ1v) is 6.67. The van der Waals surface area contributed by atoms with Crippen molar-refractivity contribution in [1.29, 1.82) is 0 Å². The van der Waals surface area contributed by atoms with Crippen LogP contribution in [0.2, 0.25) is 0 Å². The highest BCUT2D eigenvalue weighted by Crippen LogP contribution is 2.27. The molecule has 3 rings (SSSR count). The summed E-state index contributed by atoms with van der Waals surface area (Å²) < 4.78 is 0. The summed E-state index contributed by atoms with van der Waals surface area (Å²) in [4.78, 5) is 27.5. The van der Waals surface area contributed by atoms with Crippen LogP contribution in [-0.2, 0) is 4.79 Å². The fourth-order valence-corrected chi connectivity index (χ4v) is 2.91. The Morgan fingerprint density at radius 3 is 2.85 bits per heavy atom. The van der Waals surface area contributed by atoms with Gasteiger partial charge in [-0.1, -0.05) is 0 Å². The lowest BCUT2D eigenvalue weighted by Crippen LogP contribution is -2.53.